The molecule has 3 aromatic heterocycles. The summed E-state index contributed by atoms with van der Waals surface area (Å²) in [6, 6.07) is 1.56. The van der Waals surface area contributed by atoms with Crippen molar-refractivity contribution in [2.45, 2.75) is 44.6 Å². The Kier molecular flexibility index (Phi) is 3.65. The largest absolute Gasteiger partial charge is 0.483 e. The van der Waals surface area contributed by atoms with E-state index in [-0.39, 0.29) is 30.7 Å². The van der Waals surface area contributed by atoms with E-state index in [0.717, 1.165) is 19.0 Å². The number of fused-ring (bicyclic) bond motifs is 3. The third kappa shape index (κ3) is 2.59. The topological polar surface area (TPSA) is 93.9 Å². The molecule has 1 N–H and O–H groups in total. The van der Waals surface area contributed by atoms with Crippen LogP contribution in [-0.2, 0) is 6.54 Å². The van der Waals surface area contributed by atoms with E-state index in [9.17, 15) is 9.18 Å². The van der Waals surface area contributed by atoms with Gasteiger partial charge in [0.15, 0.2) is 17.2 Å². The van der Waals surface area contributed by atoms with E-state index in [2.05, 4.69) is 20.3 Å². The molecule has 0 unspecified atom stereocenters. The number of halogens is 1. The highest BCUT2D eigenvalue weighted by atomic mass is 19.1. The van der Waals surface area contributed by atoms with Crippen LogP contribution in [0.2, 0.25) is 0 Å². The molecule has 3 atom stereocenters. The fraction of sp³-hybridized carbons (Fsp3) is 0.400. The normalized spacial score (nSPS) is 24.9. The van der Waals surface area contributed by atoms with Crippen molar-refractivity contribution in [1.82, 2.24) is 24.9 Å². The minimum Gasteiger partial charge on any atom is -0.483 e. The second kappa shape index (κ2) is 6.28. The molecule has 1 aliphatic carbocycles. The van der Waals surface area contributed by atoms with E-state index in [1.165, 1.54) is 12.3 Å². The average Bonchev–Trinajstić information content (AvgIpc) is 3.11. The number of ether oxygens (including phenoxy) is 2. The summed E-state index contributed by atoms with van der Waals surface area (Å²) in [7, 11) is 0. The Labute approximate surface area is 170 Å². The summed E-state index contributed by atoms with van der Waals surface area (Å²) in [6.45, 7) is 2.46. The van der Waals surface area contributed by atoms with Crippen molar-refractivity contribution in [1.29, 1.82) is 0 Å². The first-order chi connectivity index (χ1) is 14.6. The monoisotopic (exact) mass is 410 g/mol. The Hall–Kier alpha value is -3.43. The molecule has 1 saturated carbocycles. The predicted octanol–water partition coefficient (Wildman–Crippen LogP) is 1.70. The molecule has 3 aromatic rings. The number of hydrogen-bond donors (Lipinski definition) is 1. The van der Waals surface area contributed by atoms with E-state index >= 15 is 0 Å². The van der Waals surface area contributed by atoms with Gasteiger partial charge in [-0.15, -0.1) is 0 Å². The van der Waals surface area contributed by atoms with Gasteiger partial charge in [0.1, 0.15) is 23.6 Å². The van der Waals surface area contributed by atoms with Crippen LogP contribution < -0.4 is 19.7 Å². The van der Waals surface area contributed by atoms with Crippen LogP contribution in [0.1, 0.15) is 35.7 Å². The van der Waals surface area contributed by atoms with Crippen LogP contribution in [0.15, 0.2) is 24.7 Å². The van der Waals surface area contributed by atoms with Crippen molar-refractivity contribution in [2.24, 2.45) is 0 Å². The van der Waals surface area contributed by atoms with Crippen LogP contribution in [-0.4, -0.2) is 50.3 Å². The molecular formula is C20H19FN6O3. The highest BCUT2D eigenvalue weighted by Crippen LogP contribution is 2.43. The van der Waals surface area contributed by atoms with Gasteiger partial charge >= 0.3 is 0 Å². The molecule has 10 heteroatoms. The number of pyridine rings is 1. The zero-order valence-electron chi connectivity index (χ0n) is 16.2. The highest BCUT2D eigenvalue weighted by Gasteiger charge is 2.44. The standard InChI is InChI=1S/C20H19FN6O3/c1-10-5-22-19(28)13-7-24-27-9-16-18(25-17(13)27)26(14-2-3-15(14)30-16)8-11-4-12(21)6-23-20(11)29-10/h4,6-7,9-10,14-15H,2-3,5,8H2,1H3,(H,22,28)/t10-,14+,15-/m0/s1. The lowest BCUT2D eigenvalue weighted by Gasteiger charge is -2.48. The summed E-state index contributed by atoms with van der Waals surface area (Å²) in [4.78, 5) is 23.8. The van der Waals surface area contributed by atoms with Crippen LogP contribution in [0.4, 0.5) is 10.2 Å². The lowest BCUT2D eigenvalue weighted by molar-refractivity contribution is 0.0714. The van der Waals surface area contributed by atoms with Gasteiger partial charge in [-0.1, -0.05) is 0 Å². The van der Waals surface area contributed by atoms with E-state index in [0.29, 0.717) is 40.8 Å². The van der Waals surface area contributed by atoms with Crippen LogP contribution in [0.5, 0.6) is 11.6 Å². The van der Waals surface area contributed by atoms with Gasteiger partial charge in [0.25, 0.3) is 5.91 Å². The zero-order chi connectivity index (χ0) is 20.4. The maximum absolute atomic E-state index is 14.1. The average molecular weight is 410 g/mol. The summed E-state index contributed by atoms with van der Waals surface area (Å²) >= 11 is 0. The lowest BCUT2D eigenvalue weighted by atomic mass is 9.86. The van der Waals surface area contributed by atoms with Gasteiger partial charge in [0.2, 0.25) is 5.88 Å². The quantitative estimate of drug-likeness (QED) is 0.603. The summed E-state index contributed by atoms with van der Waals surface area (Å²) in [5, 5.41) is 7.12. The van der Waals surface area contributed by atoms with Gasteiger partial charge in [-0.3, -0.25) is 4.79 Å². The predicted molar refractivity (Wildman–Crippen MR) is 103 cm³/mol. The summed E-state index contributed by atoms with van der Waals surface area (Å²) in [5.41, 5.74) is 1.45. The molecule has 2 bridgehead atoms. The summed E-state index contributed by atoms with van der Waals surface area (Å²) < 4.78 is 27.7. The van der Waals surface area contributed by atoms with Crippen LogP contribution in [0.3, 0.4) is 0 Å². The Balaban J connectivity index is 1.55. The first-order valence-electron chi connectivity index (χ1n) is 9.98. The molecule has 1 fully saturated rings. The first kappa shape index (κ1) is 17.4. The van der Waals surface area contributed by atoms with Gasteiger partial charge in [-0.2, -0.15) is 5.10 Å². The van der Waals surface area contributed by atoms with Crippen molar-refractivity contribution in [3.05, 3.63) is 41.6 Å². The first-order valence-corrected chi connectivity index (χ1v) is 9.98. The minimum atomic E-state index is -0.428. The number of hydrogen-bond acceptors (Lipinski definition) is 7. The molecule has 3 aliphatic rings. The fourth-order valence-corrected chi connectivity index (χ4v) is 4.23. The third-order valence-corrected chi connectivity index (χ3v) is 5.91. The van der Waals surface area contributed by atoms with Gasteiger partial charge < -0.3 is 19.7 Å². The van der Waals surface area contributed by atoms with Crippen LogP contribution in [0.25, 0.3) is 5.65 Å². The van der Waals surface area contributed by atoms with Crippen molar-refractivity contribution in [3.8, 4) is 11.6 Å². The van der Waals surface area contributed by atoms with E-state index in [1.807, 2.05) is 6.92 Å². The Morgan fingerprint density at radius 1 is 1.27 bits per heavy atom. The number of amides is 1. The number of anilines is 1. The molecule has 5 heterocycles. The molecule has 0 saturated heterocycles. The molecule has 9 nitrogen and oxygen atoms in total. The molecule has 0 aromatic carbocycles. The van der Waals surface area contributed by atoms with E-state index in [4.69, 9.17) is 14.5 Å². The number of carbonyl (C=O) groups excluding carboxylic acids is 1. The van der Waals surface area contributed by atoms with Gasteiger partial charge in [0.05, 0.1) is 37.7 Å². The second-order valence-corrected chi connectivity index (χ2v) is 7.94. The SMILES string of the molecule is C[C@H]1CNC(=O)c2cnn3cc4c(nc23)N(Cc2cc(F)cnc2O1)[C@@H]1CC[C@@H]1O4. The third-order valence-electron chi connectivity index (χ3n) is 5.91. The van der Waals surface area contributed by atoms with Gasteiger partial charge in [0, 0.05) is 5.56 Å². The summed E-state index contributed by atoms with van der Waals surface area (Å²) in [5.74, 6) is 0.839. The van der Waals surface area contributed by atoms with Gasteiger partial charge in [-0.25, -0.2) is 18.9 Å². The lowest BCUT2D eigenvalue weighted by Crippen LogP contribution is -2.56. The second-order valence-electron chi connectivity index (χ2n) is 7.94. The fourth-order valence-electron chi connectivity index (χ4n) is 4.23. The number of nitrogens with zero attached hydrogens (tertiary/aromatic N) is 5. The van der Waals surface area contributed by atoms with E-state index in [1.54, 1.807) is 10.7 Å². The van der Waals surface area contributed by atoms with Gasteiger partial charge in [-0.05, 0) is 25.8 Å². The molecule has 0 spiro atoms. The van der Waals surface area contributed by atoms with Crippen molar-refractivity contribution < 1.29 is 18.7 Å². The number of rotatable bonds is 0. The number of carbonyl (C=O) groups is 1. The Morgan fingerprint density at radius 3 is 3.00 bits per heavy atom. The Bertz CT molecular complexity index is 1180. The molecule has 0 radical (unpaired) electrons. The molecular weight excluding hydrogens is 391 g/mol. The molecule has 2 aliphatic heterocycles. The van der Waals surface area contributed by atoms with Crippen molar-refractivity contribution in [3.63, 3.8) is 0 Å². The summed E-state index contributed by atoms with van der Waals surface area (Å²) in [6.07, 6.45) is 5.95. The highest BCUT2D eigenvalue weighted by molar-refractivity contribution is 5.99. The maximum atomic E-state index is 14.1. The van der Waals surface area contributed by atoms with Crippen molar-refractivity contribution >= 4 is 17.4 Å². The maximum Gasteiger partial charge on any atom is 0.256 e. The van der Waals surface area contributed by atoms with Crippen LogP contribution in [0, 0.1) is 5.82 Å². The minimum absolute atomic E-state index is 0.0376. The number of aromatic nitrogens is 4. The van der Waals surface area contributed by atoms with Crippen molar-refractivity contribution in [2.75, 3.05) is 11.4 Å². The Morgan fingerprint density at radius 2 is 2.17 bits per heavy atom. The molecule has 30 heavy (non-hydrogen) atoms. The zero-order valence-corrected chi connectivity index (χ0v) is 16.2. The molecule has 154 valence electrons. The van der Waals surface area contributed by atoms with E-state index < -0.39 is 5.82 Å². The molecule has 1 amide bonds. The smallest absolute Gasteiger partial charge is 0.256 e. The van der Waals surface area contributed by atoms with Crippen LogP contribution >= 0.6 is 0 Å². The molecule has 6 rings (SSSR count). The number of nitrogens with one attached hydrogen (secondary N) is 1.